The third kappa shape index (κ3) is 2.02. The molecular formula is C5H4Br2N2. The van der Waals surface area contributed by atoms with Gasteiger partial charge in [-0.1, -0.05) is 0 Å². The fourth-order valence-corrected chi connectivity index (χ4v) is 1.33. The van der Waals surface area contributed by atoms with Gasteiger partial charge in [0.15, 0.2) is 0 Å². The first-order valence-electron chi connectivity index (χ1n) is 4.02. The number of aryl methyl sites for hydroxylation is 1. The van der Waals surface area contributed by atoms with Gasteiger partial charge in [-0.05, 0) is 38.7 Å². The lowest BCUT2D eigenvalue weighted by atomic mass is 10.6. The molecule has 1 aromatic heterocycles. The summed E-state index contributed by atoms with van der Waals surface area (Å²) < 4.78 is 28.8. The molecule has 0 amide bonds. The lowest BCUT2D eigenvalue weighted by Crippen LogP contribution is -1.86. The zero-order valence-electron chi connectivity index (χ0n) is 8.15. The van der Waals surface area contributed by atoms with Crippen molar-refractivity contribution in [2.75, 3.05) is 0 Å². The molecule has 0 aromatic carbocycles. The van der Waals surface area contributed by atoms with E-state index in [0.717, 1.165) is 0 Å². The minimum Gasteiger partial charge on any atom is -0.226 e. The minimum absolute atomic E-state index is 0.0352. The van der Waals surface area contributed by atoms with Crippen LogP contribution in [-0.4, -0.2) is 9.97 Å². The van der Waals surface area contributed by atoms with Gasteiger partial charge in [0.1, 0.15) is 15.0 Å². The lowest BCUT2D eigenvalue weighted by molar-refractivity contribution is 1.01. The quantitative estimate of drug-likeness (QED) is 0.665. The van der Waals surface area contributed by atoms with E-state index >= 15 is 0 Å². The van der Waals surface area contributed by atoms with Crippen LogP contribution >= 0.6 is 31.9 Å². The number of rotatable bonds is 0. The molecule has 0 fully saturated rings. The molecule has 1 rings (SSSR count). The molecule has 0 N–H and O–H groups in total. The Kier molecular flexibility index (Phi) is 1.05. The summed E-state index contributed by atoms with van der Waals surface area (Å²) in [4.78, 5) is 7.26. The van der Waals surface area contributed by atoms with E-state index in [0.29, 0.717) is 0 Å². The number of halogens is 2. The van der Waals surface area contributed by atoms with Crippen molar-refractivity contribution in [1.82, 2.24) is 9.97 Å². The second-order valence-corrected chi connectivity index (χ2v) is 2.76. The molecule has 9 heavy (non-hydrogen) atoms. The van der Waals surface area contributed by atoms with Crippen LogP contribution in [0.5, 0.6) is 0 Å². The molecule has 1 aromatic rings. The van der Waals surface area contributed by atoms with E-state index < -0.39 is 6.85 Å². The summed E-state index contributed by atoms with van der Waals surface area (Å²) in [5, 5.41) is 0. The predicted molar refractivity (Wildman–Crippen MR) is 42.2 cm³/mol. The Hall–Kier alpha value is 0.0400. The molecule has 0 spiro atoms. The number of hydrogen-bond acceptors (Lipinski definition) is 2. The van der Waals surface area contributed by atoms with Gasteiger partial charge in [-0.15, -0.1) is 0 Å². The molecule has 0 saturated heterocycles. The normalized spacial score (nSPS) is 17.6. The number of nitrogens with zero attached hydrogens (tertiary/aromatic N) is 2. The summed E-state index contributed by atoms with van der Waals surface area (Å²) in [6.07, 6.45) is 0. The Balaban J connectivity index is 3.29. The van der Waals surface area contributed by atoms with Crippen LogP contribution < -0.4 is 0 Å². The molecule has 0 unspecified atom stereocenters. The molecule has 0 saturated carbocycles. The molecule has 0 radical (unpaired) electrons. The van der Waals surface area contributed by atoms with Gasteiger partial charge in [-0.2, -0.15) is 0 Å². The molecule has 1 heterocycles. The molecule has 0 aliphatic carbocycles. The van der Waals surface area contributed by atoms with Crippen molar-refractivity contribution in [2.45, 2.75) is 6.85 Å². The van der Waals surface area contributed by atoms with Gasteiger partial charge in [0.05, 0.1) is 1.37 Å². The van der Waals surface area contributed by atoms with Crippen LogP contribution in [0.15, 0.2) is 15.2 Å². The van der Waals surface area contributed by atoms with Crippen molar-refractivity contribution >= 4 is 31.9 Å². The van der Waals surface area contributed by atoms with Crippen molar-refractivity contribution in [2.24, 2.45) is 0 Å². The third-order valence-corrected chi connectivity index (χ3v) is 1.37. The Bertz CT molecular complexity index is 315. The second kappa shape index (κ2) is 2.75. The number of hydrogen-bond donors (Lipinski definition) is 0. The van der Waals surface area contributed by atoms with Crippen LogP contribution in [0.2, 0.25) is 0 Å². The third-order valence-electron chi connectivity index (χ3n) is 0.614. The fraction of sp³-hybridized carbons (Fsp3) is 0.200. The summed E-state index contributed by atoms with van der Waals surface area (Å²) >= 11 is 5.94. The Morgan fingerprint density at radius 2 is 2.11 bits per heavy atom. The van der Waals surface area contributed by atoms with Crippen molar-refractivity contribution < 1.29 is 5.48 Å². The standard InChI is InChI=1S/C5H4Br2N2/c1-3-8-4(6)2-5(7)9-3/h2H,1H3/i1D3,2D. The highest BCUT2D eigenvalue weighted by molar-refractivity contribution is 9.11. The number of aromatic nitrogens is 2. The Labute approximate surface area is 75.6 Å². The van der Waals surface area contributed by atoms with Gasteiger partial charge in [-0.3, -0.25) is 0 Å². The smallest absolute Gasteiger partial charge is 0.127 e. The van der Waals surface area contributed by atoms with Crippen LogP contribution in [0.25, 0.3) is 0 Å². The van der Waals surface area contributed by atoms with Crippen LogP contribution in [0.3, 0.4) is 0 Å². The van der Waals surface area contributed by atoms with E-state index in [1.54, 1.807) is 0 Å². The van der Waals surface area contributed by atoms with E-state index in [1.807, 2.05) is 0 Å². The topological polar surface area (TPSA) is 25.8 Å². The van der Waals surface area contributed by atoms with Gasteiger partial charge >= 0.3 is 0 Å². The van der Waals surface area contributed by atoms with E-state index in [1.165, 1.54) is 0 Å². The summed E-state index contributed by atoms with van der Waals surface area (Å²) in [7, 11) is 0. The summed E-state index contributed by atoms with van der Waals surface area (Å²) in [6.45, 7) is -2.35. The van der Waals surface area contributed by atoms with E-state index in [4.69, 9.17) is 5.48 Å². The molecule has 0 atom stereocenters. The first kappa shape index (κ1) is 3.44. The maximum Gasteiger partial charge on any atom is 0.127 e. The first-order chi connectivity index (χ1) is 5.82. The molecule has 0 aliphatic rings. The van der Waals surface area contributed by atoms with Gasteiger partial charge in [-0.25, -0.2) is 9.97 Å². The molecular weight excluding hydrogens is 248 g/mol. The predicted octanol–water partition coefficient (Wildman–Crippen LogP) is 2.31. The highest BCUT2D eigenvalue weighted by atomic mass is 79.9. The van der Waals surface area contributed by atoms with Crippen molar-refractivity contribution in [3.63, 3.8) is 0 Å². The second-order valence-electron chi connectivity index (χ2n) is 1.25. The summed E-state index contributed by atoms with van der Waals surface area (Å²) in [6, 6.07) is 0.0352. The maximum atomic E-state index is 7.34. The summed E-state index contributed by atoms with van der Waals surface area (Å²) in [5.74, 6) is -0.276. The van der Waals surface area contributed by atoms with E-state index in [-0.39, 0.29) is 21.1 Å². The molecule has 0 aliphatic heterocycles. The maximum absolute atomic E-state index is 7.34. The first-order valence-corrected chi connectivity index (χ1v) is 3.61. The Morgan fingerprint density at radius 1 is 1.56 bits per heavy atom. The zero-order valence-corrected chi connectivity index (χ0v) is 7.32. The molecule has 48 valence electrons. The van der Waals surface area contributed by atoms with Gasteiger partial charge in [0.25, 0.3) is 0 Å². The van der Waals surface area contributed by atoms with Crippen LogP contribution in [-0.2, 0) is 0 Å². The Morgan fingerprint density at radius 3 is 2.56 bits per heavy atom. The van der Waals surface area contributed by atoms with Gasteiger partial charge in [0.2, 0.25) is 0 Å². The average Bonchev–Trinajstić information content (AvgIpc) is 1.97. The SMILES string of the molecule is [2H]c1c(Br)nc(C([2H])([2H])[2H])nc1Br. The van der Waals surface area contributed by atoms with Gasteiger partial charge < -0.3 is 0 Å². The van der Waals surface area contributed by atoms with Crippen LogP contribution in [0.1, 0.15) is 11.3 Å². The fourth-order valence-electron chi connectivity index (χ4n) is 0.352. The van der Waals surface area contributed by atoms with Crippen LogP contribution in [0, 0.1) is 6.85 Å². The van der Waals surface area contributed by atoms with Crippen molar-refractivity contribution in [3.05, 3.63) is 21.1 Å². The van der Waals surface area contributed by atoms with Crippen molar-refractivity contribution in [1.29, 1.82) is 0 Å². The zero-order chi connectivity index (χ0) is 10.2. The molecule has 4 heteroatoms. The van der Waals surface area contributed by atoms with Crippen LogP contribution in [0.4, 0.5) is 0 Å². The monoisotopic (exact) mass is 254 g/mol. The molecule has 0 bridgehead atoms. The lowest BCUT2D eigenvalue weighted by Gasteiger charge is -1.92. The van der Waals surface area contributed by atoms with E-state index in [9.17, 15) is 0 Å². The minimum atomic E-state index is -2.35. The largest absolute Gasteiger partial charge is 0.226 e. The average molecular weight is 256 g/mol. The van der Waals surface area contributed by atoms with E-state index in [2.05, 4.69) is 41.8 Å². The van der Waals surface area contributed by atoms with Gasteiger partial charge in [0, 0.05) is 10.2 Å². The highest BCUT2D eigenvalue weighted by Crippen LogP contribution is 2.11. The summed E-state index contributed by atoms with van der Waals surface area (Å²) in [5.41, 5.74) is 0. The highest BCUT2D eigenvalue weighted by Gasteiger charge is 1.93. The molecule has 2 nitrogen and oxygen atoms in total. The van der Waals surface area contributed by atoms with Crippen molar-refractivity contribution in [3.8, 4) is 0 Å².